The van der Waals surface area contributed by atoms with E-state index in [1.54, 1.807) is 6.07 Å². The van der Waals surface area contributed by atoms with Crippen LogP contribution in [0.4, 0.5) is 0 Å². The highest BCUT2D eigenvalue weighted by Crippen LogP contribution is 2.25. The molecule has 5 nitrogen and oxygen atoms in total. The molecule has 0 saturated heterocycles. The molecular formula is C15H25N3O2. The number of aromatic nitrogens is 2. The number of nitrogens with two attached hydrogens (primary N) is 1. The van der Waals surface area contributed by atoms with Crippen LogP contribution in [0.15, 0.2) is 6.07 Å². The lowest BCUT2D eigenvalue weighted by molar-refractivity contribution is 0.184. The van der Waals surface area contributed by atoms with Gasteiger partial charge in [0.25, 0.3) is 0 Å². The Balaban J connectivity index is 1.98. The smallest absolute Gasteiger partial charge is 0.319 e. The van der Waals surface area contributed by atoms with E-state index >= 15 is 0 Å². The van der Waals surface area contributed by atoms with Crippen LogP contribution >= 0.6 is 0 Å². The number of nitrogens with zero attached hydrogens (tertiary/aromatic N) is 2. The SMILES string of the molecule is CCOc1cc(C)nc(OCC2(N)CCCCCC2)n1. The fraction of sp³-hybridized carbons (Fsp3) is 0.733. The molecular weight excluding hydrogens is 254 g/mol. The van der Waals surface area contributed by atoms with E-state index in [9.17, 15) is 0 Å². The highest BCUT2D eigenvalue weighted by molar-refractivity contribution is 5.17. The van der Waals surface area contributed by atoms with Gasteiger partial charge in [0, 0.05) is 11.8 Å². The topological polar surface area (TPSA) is 70.3 Å². The molecule has 1 saturated carbocycles. The zero-order valence-corrected chi connectivity index (χ0v) is 12.5. The van der Waals surface area contributed by atoms with E-state index in [0.717, 1.165) is 18.5 Å². The average Bonchev–Trinajstić information content (AvgIpc) is 2.62. The molecule has 0 aromatic carbocycles. The highest BCUT2D eigenvalue weighted by atomic mass is 16.5. The summed E-state index contributed by atoms with van der Waals surface area (Å²) in [7, 11) is 0. The number of aryl methyl sites for hydroxylation is 1. The summed E-state index contributed by atoms with van der Waals surface area (Å²) in [6, 6.07) is 2.17. The molecule has 2 N–H and O–H groups in total. The summed E-state index contributed by atoms with van der Waals surface area (Å²) >= 11 is 0. The van der Waals surface area contributed by atoms with Gasteiger partial charge >= 0.3 is 6.01 Å². The fourth-order valence-electron chi connectivity index (χ4n) is 2.59. The van der Waals surface area contributed by atoms with Crippen LogP contribution < -0.4 is 15.2 Å². The minimum Gasteiger partial charge on any atom is -0.478 e. The van der Waals surface area contributed by atoms with Crippen molar-refractivity contribution >= 4 is 0 Å². The zero-order chi connectivity index (χ0) is 14.4. The van der Waals surface area contributed by atoms with E-state index in [0.29, 0.717) is 25.1 Å². The maximum absolute atomic E-state index is 6.43. The summed E-state index contributed by atoms with van der Waals surface area (Å²) in [5, 5.41) is 0. The van der Waals surface area contributed by atoms with Crippen LogP contribution in [0, 0.1) is 6.92 Å². The van der Waals surface area contributed by atoms with Crippen molar-refractivity contribution in [3.05, 3.63) is 11.8 Å². The molecule has 1 aromatic heterocycles. The van der Waals surface area contributed by atoms with E-state index in [2.05, 4.69) is 9.97 Å². The Morgan fingerprint density at radius 2 is 1.85 bits per heavy atom. The fourth-order valence-corrected chi connectivity index (χ4v) is 2.59. The number of hydrogen-bond donors (Lipinski definition) is 1. The molecule has 20 heavy (non-hydrogen) atoms. The van der Waals surface area contributed by atoms with Crippen molar-refractivity contribution in [2.24, 2.45) is 5.73 Å². The number of ether oxygens (including phenoxy) is 2. The van der Waals surface area contributed by atoms with Gasteiger partial charge in [0.15, 0.2) is 0 Å². The first kappa shape index (κ1) is 15.0. The monoisotopic (exact) mass is 279 g/mol. The first-order valence-electron chi connectivity index (χ1n) is 7.51. The minimum absolute atomic E-state index is 0.241. The summed E-state index contributed by atoms with van der Waals surface area (Å²) in [5.74, 6) is 0.557. The van der Waals surface area contributed by atoms with E-state index in [-0.39, 0.29) is 5.54 Å². The molecule has 112 valence electrons. The molecule has 0 aliphatic heterocycles. The van der Waals surface area contributed by atoms with E-state index in [1.807, 2.05) is 13.8 Å². The average molecular weight is 279 g/mol. The van der Waals surface area contributed by atoms with Crippen LogP contribution in [-0.2, 0) is 0 Å². The van der Waals surface area contributed by atoms with Gasteiger partial charge in [0.2, 0.25) is 5.88 Å². The minimum atomic E-state index is -0.241. The predicted molar refractivity (Wildman–Crippen MR) is 78.1 cm³/mol. The van der Waals surface area contributed by atoms with Crippen molar-refractivity contribution in [2.45, 2.75) is 57.9 Å². The van der Waals surface area contributed by atoms with Gasteiger partial charge in [-0.05, 0) is 26.7 Å². The van der Waals surface area contributed by atoms with Crippen molar-refractivity contribution in [3.8, 4) is 11.9 Å². The van der Waals surface area contributed by atoms with Gasteiger partial charge < -0.3 is 15.2 Å². The Bertz CT molecular complexity index is 429. The third-order valence-electron chi connectivity index (χ3n) is 3.69. The third-order valence-corrected chi connectivity index (χ3v) is 3.69. The van der Waals surface area contributed by atoms with E-state index in [4.69, 9.17) is 15.2 Å². The van der Waals surface area contributed by atoms with Gasteiger partial charge in [-0.2, -0.15) is 4.98 Å². The lowest BCUT2D eigenvalue weighted by Crippen LogP contribution is -2.45. The predicted octanol–water partition coefficient (Wildman–Crippen LogP) is 2.61. The van der Waals surface area contributed by atoms with Crippen LogP contribution in [0.3, 0.4) is 0 Å². The second-order valence-corrected chi connectivity index (χ2v) is 5.63. The van der Waals surface area contributed by atoms with Crippen LogP contribution in [0.5, 0.6) is 11.9 Å². The highest BCUT2D eigenvalue weighted by Gasteiger charge is 2.27. The maximum Gasteiger partial charge on any atom is 0.319 e. The molecule has 1 aliphatic rings. The van der Waals surface area contributed by atoms with Gasteiger partial charge in [-0.1, -0.05) is 25.7 Å². The summed E-state index contributed by atoms with van der Waals surface area (Å²) in [5.41, 5.74) is 7.03. The van der Waals surface area contributed by atoms with Crippen LogP contribution in [0.2, 0.25) is 0 Å². The molecule has 0 radical (unpaired) electrons. The molecule has 0 unspecified atom stereocenters. The Labute approximate surface area is 120 Å². The van der Waals surface area contributed by atoms with Gasteiger partial charge in [0.05, 0.1) is 12.1 Å². The van der Waals surface area contributed by atoms with Gasteiger partial charge in [0.1, 0.15) is 6.61 Å². The van der Waals surface area contributed by atoms with Gasteiger partial charge in [-0.15, -0.1) is 0 Å². The summed E-state index contributed by atoms with van der Waals surface area (Å²) in [6.07, 6.45) is 6.93. The number of rotatable bonds is 5. The lowest BCUT2D eigenvalue weighted by Gasteiger charge is -2.27. The summed E-state index contributed by atoms with van der Waals surface area (Å²) in [6.45, 7) is 4.89. The van der Waals surface area contributed by atoms with Crippen LogP contribution in [0.25, 0.3) is 0 Å². The molecule has 2 rings (SSSR count). The molecule has 1 aromatic rings. The third kappa shape index (κ3) is 4.34. The zero-order valence-electron chi connectivity index (χ0n) is 12.5. The summed E-state index contributed by atoms with van der Waals surface area (Å²) < 4.78 is 11.1. The first-order chi connectivity index (χ1) is 9.61. The van der Waals surface area contributed by atoms with Gasteiger partial charge in [-0.25, -0.2) is 4.98 Å². The standard InChI is InChI=1S/C15H25N3O2/c1-3-19-13-10-12(2)17-14(18-13)20-11-15(16)8-6-4-5-7-9-15/h10H,3-9,11,16H2,1-2H3. The van der Waals surface area contributed by atoms with Crippen molar-refractivity contribution in [1.82, 2.24) is 9.97 Å². The van der Waals surface area contributed by atoms with Crippen molar-refractivity contribution in [1.29, 1.82) is 0 Å². The molecule has 0 spiro atoms. The van der Waals surface area contributed by atoms with Crippen molar-refractivity contribution in [2.75, 3.05) is 13.2 Å². The Hall–Kier alpha value is -1.36. The van der Waals surface area contributed by atoms with E-state index in [1.165, 1.54) is 25.7 Å². The molecule has 1 fully saturated rings. The lowest BCUT2D eigenvalue weighted by atomic mass is 9.93. The molecule has 0 atom stereocenters. The molecule has 1 heterocycles. The molecule has 5 heteroatoms. The quantitative estimate of drug-likeness (QED) is 0.839. The molecule has 0 bridgehead atoms. The number of hydrogen-bond acceptors (Lipinski definition) is 5. The first-order valence-corrected chi connectivity index (χ1v) is 7.51. The normalized spacial score (nSPS) is 18.4. The molecule has 0 amide bonds. The van der Waals surface area contributed by atoms with E-state index < -0.39 is 0 Å². The second-order valence-electron chi connectivity index (χ2n) is 5.63. The maximum atomic E-state index is 6.43. The van der Waals surface area contributed by atoms with Gasteiger partial charge in [-0.3, -0.25) is 0 Å². The Morgan fingerprint density at radius 3 is 2.50 bits per heavy atom. The summed E-state index contributed by atoms with van der Waals surface area (Å²) in [4.78, 5) is 8.54. The molecule has 1 aliphatic carbocycles. The Morgan fingerprint density at radius 1 is 1.15 bits per heavy atom. The second kappa shape index (κ2) is 6.88. The van der Waals surface area contributed by atoms with Crippen molar-refractivity contribution in [3.63, 3.8) is 0 Å². The largest absolute Gasteiger partial charge is 0.478 e. The van der Waals surface area contributed by atoms with Crippen LogP contribution in [0.1, 0.15) is 51.1 Å². The van der Waals surface area contributed by atoms with Crippen LogP contribution in [-0.4, -0.2) is 28.7 Å². The van der Waals surface area contributed by atoms with Crippen molar-refractivity contribution < 1.29 is 9.47 Å². The Kier molecular flexibility index (Phi) is 5.17.